The second-order valence-corrected chi connectivity index (χ2v) is 4.63. The Bertz CT molecular complexity index is 384. The molecular weight excluding hydrogens is 238 g/mol. The molecule has 19 heavy (non-hydrogen) atoms. The van der Waals surface area contributed by atoms with Crippen LogP contribution in [-0.2, 0) is 0 Å². The molecule has 0 aliphatic rings. The maximum atomic E-state index is 12.4. The molecule has 0 heterocycles. The number of carbonyl (C=O) groups is 1. The average molecular weight is 263 g/mol. The van der Waals surface area contributed by atoms with Crippen LogP contribution in [0.25, 0.3) is 0 Å². The zero-order valence-electron chi connectivity index (χ0n) is 12.3. The summed E-state index contributed by atoms with van der Waals surface area (Å²) in [7, 11) is 0. The van der Waals surface area contributed by atoms with E-state index in [0.717, 1.165) is 25.9 Å². The summed E-state index contributed by atoms with van der Waals surface area (Å²) in [6, 6.07) is 7.50. The molecule has 106 valence electrons. The monoisotopic (exact) mass is 263 g/mol. The Morgan fingerprint density at radius 2 is 1.74 bits per heavy atom. The molecule has 0 aliphatic heterocycles. The molecule has 1 rings (SSSR count). The number of hydrogen-bond acceptors (Lipinski definition) is 3. The fourth-order valence-corrected chi connectivity index (χ4v) is 2.17. The van der Waals surface area contributed by atoms with Crippen LogP contribution in [0.15, 0.2) is 24.3 Å². The zero-order valence-corrected chi connectivity index (χ0v) is 12.3. The second kappa shape index (κ2) is 8.70. The molecule has 3 heteroatoms. The summed E-state index contributed by atoms with van der Waals surface area (Å²) in [5.41, 5.74) is 0.696. The minimum absolute atomic E-state index is 0.144. The molecule has 0 aromatic heterocycles. The highest BCUT2D eigenvalue weighted by Gasteiger charge is 2.15. The molecule has 0 fully saturated rings. The fourth-order valence-electron chi connectivity index (χ4n) is 2.17. The molecule has 1 aromatic rings. The molecule has 0 saturated heterocycles. The van der Waals surface area contributed by atoms with E-state index in [1.807, 2.05) is 31.2 Å². The van der Waals surface area contributed by atoms with E-state index in [-0.39, 0.29) is 5.78 Å². The highest BCUT2D eigenvalue weighted by atomic mass is 16.5. The lowest BCUT2D eigenvalue weighted by atomic mass is 10.1. The standard InChI is InChI=1S/C16H25NO2/c1-4-11-17(12-5-2)13-15(18)14-9-7-8-10-16(14)19-6-3/h7-10H,4-6,11-13H2,1-3H3. The maximum absolute atomic E-state index is 12.4. The minimum atomic E-state index is 0.144. The Kier molecular flexibility index (Phi) is 7.19. The van der Waals surface area contributed by atoms with Gasteiger partial charge >= 0.3 is 0 Å². The van der Waals surface area contributed by atoms with E-state index < -0.39 is 0 Å². The second-order valence-electron chi connectivity index (χ2n) is 4.63. The third-order valence-corrected chi connectivity index (χ3v) is 2.93. The van der Waals surface area contributed by atoms with Crippen LogP contribution in [0.2, 0.25) is 0 Å². The summed E-state index contributed by atoms with van der Waals surface area (Å²) in [6.07, 6.45) is 2.14. The van der Waals surface area contributed by atoms with Gasteiger partial charge in [0.15, 0.2) is 5.78 Å². The van der Waals surface area contributed by atoms with Crippen molar-refractivity contribution in [2.24, 2.45) is 0 Å². The highest BCUT2D eigenvalue weighted by molar-refractivity contribution is 6.00. The number of carbonyl (C=O) groups excluding carboxylic acids is 1. The van der Waals surface area contributed by atoms with Crippen LogP contribution in [0.4, 0.5) is 0 Å². The van der Waals surface area contributed by atoms with Crippen LogP contribution in [0.3, 0.4) is 0 Å². The van der Waals surface area contributed by atoms with E-state index in [4.69, 9.17) is 4.74 Å². The number of para-hydroxylation sites is 1. The molecule has 0 aliphatic carbocycles. The summed E-state index contributed by atoms with van der Waals surface area (Å²) in [5.74, 6) is 0.842. The van der Waals surface area contributed by atoms with Gasteiger partial charge < -0.3 is 4.74 Å². The van der Waals surface area contributed by atoms with Crippen LogP contribution in [-0.4, -0.2) is 36.9 Å². The van der Waals surface area contributed by atoms with Crippen molar-refractivity contribution in [2.45, 2.75) is 33.6 Å². The Hall–Kier alpha value is -1.35. The van der Waals surface area contributed by atoms with Gasteiger partial charge in [-0.15, -0.1) is 0 Å². The van der Waals surface area contributed by atoms with Crippen molar-refractivity contribution in [3.05, 3.63) is 29.8 Å². The van der Waals surface area contributed by atoms with E-state index in [1.54, 1.807) is 0 Å². The van der Waals surface area contributed by atoms with Crippen LogP contribution < -0.4 is 4.74 Å². The SMILES string of the molecule is CCCN(CCC)CC(=O)c1ccccc1OCC. The summed E-state index contributed by atoms with van der Waals surface area (Å²) < 4.78 is 5.52. The normalized spacial score (nSPS) is 10.7. The van der Waals surface area contributed by atoms with Crippen molar-refractivity contribution in [1.29, 1.82) is 0 Å². The molecular formula is C16H25NO2. The molecule has 1 aromatic carbocycles. The van der Waals surface area contributed by atoms with Gasteiger partial charge in [0.1, 0.15) is 5.75 Å². The molecule has 0 atom stereocenters. The van der Waals surface area contributed by atoms with Crippen LogP contribution in [0.1, 0.15) is 44.0 Å². The van der Waals surface area contributed by atoms with Crippen molar-refractivity contribution in [2.75, 3.05) is 26.2 Å². The van der Waals surface area contributed by atoms with Gasteiger partial charge in [0.2, 0.25) is 0 Å². The van der Waals surface area contributed by atoms with Crippen molar-refractivity contribution >= 4 is 5.78 Å². The van der Waals surface area contributed by atoms with Crippen LogP contribution in [0, 0.1) is 0 Å². The van der Waals surface area contributed by atoms with E-state index in [1.165, 1.54) is 0 Å². The number of benzene rings is 1. The van der Waals surface area contributed by atoms with Crippen molar-refractivity contribution in [3.63, 3.8) is 0 Å². The molecule has 0 unspecified atom stereocenters. The minimum Gasteiger partial charge on any atom is -0.493 e. The summed E-state index contributed by atoms with van der Waals surface area (Å²) >= 11 is 0. The first kappa shape index (κ1) is 15.7. The Labute approximate surface area is 116 Å². The molecule has 3 nitrogen and oxygen atoms in total. The first-order valence-electron chi connectivity index (χ1n) is 7.20. The van der Waals surface area contributed by atoms with Crippen molar-refractivity contribution in [3.8, 4) is 5.75 Å². The third-order valence-electron chi connectivity index (χ3n) is 2.93. The number of ketones is 1. The van der Waals surface area contributed by atoms with Gasteiger partial charge in [-0.05, 0) is 45.0 Å². The van der Waals surface area contributed by atoms with E-state index >= 15 is 0 Å². The summed E-state index contributed by atoms with van der Waals surface area (Å²) in [6.45, 7) is 9.21. The van der Waals surface area contributed by atoms with E-state index in [2.05, 4.69) is 18.7 Å². The van der Waals surface area contributed by atoms with Crippen molar-refractivity contribution < 1.29 is 9.53 Å². The molecule has 0 bridgehead atoms. The number of Topliss-reactive ketones (excluding diaryl/α,β-unsaturated/α-hetero) is 1. The van der Waals surface area contributed by atoms with Crippen LogP contribution >= 0.6 is 0 Å². The Morgan fingerprint density at radius 3 is 2.32 bits per heavy atom. The first-order valence-corrected chi connectivity index (χ1v) is 7.20. The van der Waals surface area contributed by atoms with Gasteiger partial charge in [-0.3, -0.25) is 9.69 Å². The Morgan fingerprint density at radius 1 is 1.11 bits per heavy atom. The summed E-state index contributed by atoms with van der Waals surface area (Å²) in [4.78, 5) is 14.6. The largest absolute Gasteiger partial charge is 0.493 e. The predicted octanol–water partition coefficient (Wildman–Crippen LogP) is 3.39. The number of ether oxygens (including phenoxy) is 1. The van der Waals surface area contributed by atoms with Crippen molar-refractivity contribution in [1.82, 2.24) is 4.90 Å². The average Bonchev–Trinajstić information content (AvgIpc) is 2.40. The van der Waals surface area contributed by atoms with Crippen LogP contribution in [0.5, 0.6) is 5.75 Å². The molecule has 0 radical (unpaired) electrons. The zero-order chi connectivity index (χ0) is 14.1. The van der Waals surface area contributed by atoms with E-state index in [0.29, 0.717) is 24.5 Å². The summed E-state index contributed by atoms with van der Waals surface area (Å²) in [5, 5.41) is 0. The van der Waals surface area contributed by atoms with Gasteiger partial charge in [0.25, 0.3) is 0 Å². The molecule has 0 saturated carbocycles. The lowest BCUT2D eigenvalue weighted by Crippen LogP contribution is -2.31. The number of rotatable bonds is 9. The topological polar surface area (TPSA) is 29.5 Å². The first-order chi connectivity index (χ1) is 9.22. The lowest BCUT2D eigenvalue weighted by Gasteiger charge is -2.20. The lowest BCUT2D eigenvalue weighted by molar-refractivity contribution is 0.0927. The smallest absolute Gasteiger partial charge is 0.180 e. The van der Waals surface area contributed by atoms with Gasteiger partial charge in [0, 0.05) is 0 Å². The fraction of sp³-hybridized carbons (Fsp3) is 0.562. The Balaban J connectivity index is 2.75. The molecule has 0 amide bonds. The number of nitrogens with zero attached hydrogens (tertiary/aromatic N) is 1. The third kappa shape index (κ3) is 5.03. The molecule has 0 N–H and O–H groups in total. The maximum Gasteiger partial charge on any atom is 0.180 e. The van der Waals surface area contributed by atoms with Gasteiger partial charge in [0.05, 0.1) is 18.7 Å². The van der Waals surface area contributed by atoms with E-state index in [9.17, 15) is 4.79 Å². The van der Waals surface area contributed by atoms with Gasteiger partial charge in [-0.2, -0.15) is 0 Å². The quantitative estimate of drug-likeness (QED) is 0.640. The van der Waals surface area contributed by atoms with Gasteiger partial charge in [-0.25, -0.2) is 0 Å². The molecule has 0 spiro atoms. The predicted molar refractivity (Wildman–Crippen MR) is 79.0 cm³/mol. The number of hydrogen-bond donors (Lipinski definition) is 0. The van der Waals surface area contributed by atoms with Gasteiger partial charge in [-0.1, -0.05) is 26.0 Å². The highest BCUT2D eigenvalue weighted by Crippen LogP contribution is 2.19.